The van der Waals surface area contributed by atoms with Gasteiger partial charge in [0.2, 0.25) is 0 Å². The number of carboxylic acid groups (broad SMARTS) is 1. The van der Waals surface area contributed by atoms with E-state index in [1.54, 1.807) is 0 Å². The number of aliphatic carboxylic acids is 1. The van der Waals surface area contributed by atoms with E-state index in [9.17, 15) is 14.7 Å². The fourth-order valence-corrected chi connectivity index (χ4v) is 3.29. The molecule has 0 bridgehead atoms. The molecule has 1 aliphatic heterocycles. The van der Waals surface area contributed by atoms with Crippen LogP contribution in [0, 0.1) is 5.41 Å². The zero-order valence-corrected chi connectivity index (χ0v) is 12.2. The third kappa shape index (κ3) is 3.62. The van der Waals surface area contributed by atoms with E-state index >= 15 is 0 Å². The van der Waals surface area contributed by atoms with Crippen molar-refractivity contribution in [3.8, 4) is 0 Å². The molecule has 0 aromatic rings. The van der Waals surface area contributed by atoms with Crippen LogP contribution in [0.25, 0.3) is 0 Å². The van der Waals surface area contributed by atoms with E-state index in [4.69, 9.17) is 0 Å². The molecule has 1 unspecified atom stereocenters. The largest absolute Gasteiger partial charge is 0.481 e. The fraction of sp³-hybridized carbons (Fsp3) is 0.857. The van der Waals surface area contributed by atoms with Crippen molar-refractivity contribution in [2.75, 3.05) is 26.7 Å². The number of carbonyl (C=O) groups is 2. The van der Waals surface area contributed by atoms with Crippen molar-refractivity contribution in [1.82, 2.24) is 15.5 Å². The number of amides is 2. The van der Waals surface area contributed by atoms with Crippen molar-refractivity contribution in [1.29, 1.82) is 0 Å². The number of carboxylic acids is 1. The highest BCUT2D eigenvalue weighted by Gasteiger charge is 2.41. The van der Waals surface area contributed by atoms with Gasteiger partial charge in [0, 0.05) is 19.1 Å². The molecule has 0 spiro atoms. The summed E-state index contributed by atoms with van der Waals surface area (Å²) in [5.74, 6) is -0.785. The molecule has 0 aromatic heterocycles. The molecule has 1 heterocycles. The summed E-state index contributed by atoms with van der Waals surface area (Å²) < 4.78 is 0. The maximum absolute atomic E-state index is 11.9. The molecule has 1 saturated carbocycles. The number of urea groups is 1. The minimum absolute atomic E-state index is 0.165. The highest BCUT2D eigenvalue weighted by atomic mass is 16.4. The highest BCUT2D eigenvalue weighted by Crippen LogP contribution is 2.37. The third-order valence-electron chi connectivity index (χ3n) is 4.56. The standard InChI is InChI=1S/C14H25N3O3/c1-17-8-4-5-11(9-17)16-13(20)15-10-14(12(18)19)6-2-3-7-14/h11H,2-10H2,1H3,(H,18,19)(H2,15,16,20). The van der Waals surface area contributed by atoms with E-state index in [1.807, 2.05) is 7.05 Å². The number of rotatable bonds is 4. The summed E-state index contributed by atoms with van der Waals surface area (Å²) in [6.07, 6.45) is 5.26. The van der Waals surface area contributed by atoms with Crippen molar-refractivity contribution in [3.05, 3.63) is 0 Å². The Bertz CT molecular complexity index is 367. The molecule has 0 radical (unpaired) electrons. The minimum Gasteiger partial charge on any atom is -0.481 e. The molecule has 2 fully saturated rings. The van der Waals surface area contributed by atoms with Gasteiger partial charge in [0.25, 0.3) is 0 Å². The second kappa shape index (κ2) is 6.43. The van der Waals surface area contributed by atoms with Crippen LogP contribution in [0.3, 0.4) is 0 Å². The van der Waals surface area contributed by atoms with Gasteiger partial charge in [-0.3, -0.25) is 4.79 Å². The lowest BCUT2D eigenvalue weighted by Gasteiger charge is -2.31. The topological polar surface area (TPSA) is 81.7 Å². The lowest BCUT2D eigenvalue weighted by molar-refractivity contribution is -0.148. The van der Waals surface area contributed by atoms with Gasteiger partial charge in [0.15, 0.2) is 0 Å². The first kappa shape index (κ1) is 15.1. The lowest BCUT2D eigenvalue weighted by atomic mass is 9.86. The van der Waals surface area contributed by atoms with E-state index in [0.29, 0.717) is 12.8 Å². The quantitative estimate of drug-likeness (QED) is 0.719. The summed E-state index contributed by atoms with van der Waals surface area (Å²) >= 11 is 0. The zero-order chi connectivity index (χ0) is 14.6. The number of nitrogens with one attached hydrogen (secondary N) is 2. The summed E-state index contributed by atoms with van der Waals surface area (Å²) in [5.41, 5.74) is -0.749. The van der Waals surface area contributed by atoms with E-state index in [1.165, 1.54) is 0 Å². The van der Waals surface area contributed by atoms with E-state index < -0.39 is 11.4 Å². The molecule has 20 heavy (non-hydrogen) atoms. The SMILES string of the molecule is CN1CCCC(NC(=O)NCC2(C(=O)O)CCCC2)C1. The first-order valence-electron chi connectivity index (χ1n) is 7.48. The molecule has 6 nitrogen and oxygen atoms in total. The van der Waals surface area contributed by atoms with Gasteiger partial charge < -0.3 is 20.6 Å². The molecular formula is C14H25N3O3. The predicted molar refractivity (Wildman–Crippen MR) is 75.6 cm³/mol. The fourth-order valence-electron chi connectivity index (χ4n) is 3.29. The van der Waals surface area contributed by atoms with Gasteiger partial charge in [-0.05, 0) is 39.3 Å². The summed E-state index contributed by atoms with van der Waals surface area (Å²) in [7, 11) is 2.05. The summed E-state index contributed by atoms with van der Waals surface area (Å²) in [6.45, 7) is 2.16. The van der Waals surface area contributed by atoms with Gasteiger partial charge in [-0.1, -0.05) is 12.8 Å². The van der Waals surface area contributed by atoms with E-state index in [0.717, 1.165) is 38.8 Å². The molecule has 6 heteroatoms. The number of hydrogen-bond acceptors (Lipinski definition) is 3. The Morgan fingerprint density at radius 3 is 2.60 bits per heavy atom. The van der Waals surface area contributed by atoms with Gasteiger partial charge in [-0.15, -0.1) is 0 Å². The van der Waals surface area contributed by atoms with Gasteiger partial charge in [-0.25, -0.2) is 4.79 Å². The van der Waals surface area contributed by atoms with E-state index in [2.05, 4.69) is 15.5 Å². The monoisotopic (exact) mass is 283 g/mol. The van der Waals surface area contributed by atoms with Crippen LogP contribution >= 0.6 is 0 Å². The highest BCUT2D eigenvalue weighted by molar-refractivity contribution is 5.78. The van der Waals surface area contributed by atoms with Crippen LogP contribution in [-0.2, 0) is 4.79 Å². The summed E-state index contributed by atoms with van der Waals surface area (Å²) in [4.78, 5) is 25.5. The van der Waals surface area contributed by atoms with Gasteiger partial charge in [0.1, 0.15) is 0 Å². The van der Waals surface area contributed by atoms with Gasteiger partial charge in [0.05, 0.1) is 5.41 Å². The van der Waals surface area contributed by atoms with Crippen molar-refractivity contribution in [2.45, 2.75) is 44.6 Å². The predicted octanol–water partition coefficient (Wildman–Crippen LogP) is 1.02. The number of nitrogens with zero attached hydrogens (tertiary/aromatic N) is 1. The Balaban J connectivity index is 1.78. The molecule has 3 N–H and O–H groups in total. The first-order valence-corrected chi connectivity index (χ1v) is 7.48. The number of piperidine rings is 1. The molecule has 2 aliphatic rings. The van der Waals surface area contributed by atoms with Crippen LogP contribution in [0.5, 0.6) is 0 Å². The molecule has 114 valence electrons. The smallest absolute Gasteiger partial charge is 0.315 e. The average molecular weight is 283 g/mol. The summed E-state index contributed by atoms with van der Waals surface area (Å²) in [5, 5.41) is 15.1. The van der Waals surface area contributed by atoms with Crippen molar-refractivity contribution >= 4 is 12.0 Å². The van der Waals surface area contributed by atoms with Crippen LogP contribution < -0.4 is 10.6 Å². The molecule has 1 atom stereocenters. The van der Waals surface area contributed by atoms with Crippen molar-refractivity contribution in [3.63, 3.8) is 0 Å². The van der Waals surface area contributed by atoms with E-state index in [-0.39, 0.29) is 18.6 Å². The maximum Gasteiger partial charge on any atom is 0.315 e. The Kier molecular flexibility index (Phi) is 4.86. The Labute approximate surface area is 119 Å². The summed E-state index contributed by atoms with van der Waals surface area (Å²) in [6, 6.07) is -0.0732. The van der Waals surface area contributed by atoms with Crippen molar-refractivity contribution in [2.24, 2.45) is 5.41 Å². The normalized spacial score (nSPS) is 26.1. The van der Waals surface area contributed by atoms with Gasteiger partial charge >= 0.3 is 12.0 Å². The maximum atomic E-state index is 11.9. The molecule has 2 amide bonds. The van der Waals surface area contributed by atoms with Crippen LogP contribution in [0.1, 0.15) is 38.5 Å². The number of hydrogen-bond donors (Lipinski definition) is 3. The minimum atomic E-state index is -0.785. The third-order valence-corrected chi connectivity index (χ3v) is 4.56. The molecule has 1 aliphatic carbocycles. The molecule has 2 rings (SSSR count). The van der Waals surface area contributed by atoms with Crippen molar-refractivity contribution < 1.29 is 14.7 Å². The molecule has 1 saturated heterocycles. The number of likely N-dealkylation sites (N-methyl/N-ethyl adjacent to an activating group) is 1. The zero-order valence-electron chi connectivity index (χ0n) is 12.2. The number of carbonyl (C=O) groups excluding carboxylic acids is 1. The van der Waals surface area contributed by atoms with Crippen LogP contribution in [0.2, 0.25) is 0 Å². The first-order chi connectivity index (χ1) is 9.52. The number of likely N-dealkylation sites (tertiary alicyclic amines) is 1. The Morgan fingerprint density at radius 2 is 2.00 bits per heavy atom. The van der Waals surface area contributed by atoms with Crippen LogP contribution in [0.4, 0.5) is 4.79 Å². The molecule has 0 aromatic carbocycles. The molecular weight excluding hydrogens is 258 g/mol. The Morgan fingerprint density at radius 1 is 1.30 bits per heavy atom. The second-order valence-electron chi connectivity index (χ2n) is 6.22. The lowest BCUT2D eigenvalue weighted by Crippen LogP contribution is -2.51. The Hall–Kier alpha value is -1.30. The van der Waals surface area contributed by atoms with Crippen LogP contribution in [-0.4, -0.2) is 54.7 Å². The second-order valence-corrected chi connectivity index (χ2v) is 6.22. The van der Waals surface area contributed by atoms with Gasteiger partial charge in [-0.2, -0.15) is 0 Å². The average Bonchev–Trinajstić information content (AvgIpc) is 2.86. The van der Waals surface area contributed by atoms with Crippen LogP contribution in [0.15, 0.2) is 0 Å².